The molecule has 0 radical (unpaired) electrons. The number of piperidine rings is 1. The second kappa shape index (κ2) is 7.48. The summed E-state index contributed by atoms with van der Waals surface area (Å²) in [6, 6.07) is 16.1. The van der Waals surface area contributed by atoms with Gasteiger partial charge in [0.1, 0.15) is 5.52 Å². The summed E-state index contributed by atoms with van der Waals surface area (Å²) in [5.74, 6) is 1.42. The van der Waals surface area contributed by atoms with Gasteiger partial charge in [0, 0.05) is 29.9 Å². The molecule has 1 saturated heterocycles. The molecule has 2 aliphatic rings. The van der Waals surface area contributed by atoms with Crippen molar-refractivity contribution in [2.24, 2.45) is 5.92 Å². The zero-order valence-corrected chi connectivity index (χ0v) is 19.2. The van der Waals surface area contributed by atoms with Gasteiger partial charge >= 0.3 is 0 Å². The van der Waals surface area contributed by atoms with Crippen molar-refractivity contribution in [2.45, 2.75) is 33.6 Å². The minimum absolute atomic E-state index is 0.0120. The Morgan fingerprint density at radius 2 is 1.76 bits per heavy atom. The standard InChI is InChI=1S/C28H27N3O2/c1-16-10-12-31(13-11-16)23-15-22(29-21-14-17(2)8-9-18(21)3)24-25-26(23)30-33-28(25)20-7-5-4-6-19(20)27(24)32/h4-9,14-16,29H,10-13H2,1-3H3. The van der Waals surface area contributed by atoms with Crippen LogP contribution >= 0.6 is 0 Å². The highest BCUT2D eigenvalue weighted by Gasteiger charge is 2.34. The van der Waals surface area contributed by atoms with Crippen LogP contribution < -0.4 is 10.2 Å². The van der Waals surface area contributed by atoms with Gasteiger partial charge in [0.2, 0.25) is 0 Å². The highest BCUT2D eigenvalue weighted by atomic mass is 16.5. The third kappa shape index (κ3) is 3.14. The Morgan fingerprint density at radius 1 is 1.00 bits per heavy atom. The van der Waals surface area contributed by atoms with E-state index in [0.29, 0.717) is 16.9 Å². The molecule has 4 aromatic rings. The van der Waals surface area contributed by atoms with Crippen molar-refractivity contribution in [1.82, 2.24) is 5.16 Å². The minimum Gasteiger partial charge on any atom is -0.370 e. The molecule has 0 atom stereocenters. The van der Waals surface area contributed by atoms with E-state index in [9.17, 15) is 4.79 Å². The van der Waals surface area contributed by atoms with Crippen molar-refractivity contribution < 1.29 is 9.32 Å². The lowest BCUT2D eigenvalue weighted by Gasteiger charge is -2.33. The molecule has 0 bridgehead atoms. The van der Waals surface area contributed by atoms with E-state index in [0.717, 1.165) is 70.9 Å². The number of rotatable bonds is 3. The molecule has 5 nitrogen and oxygen atoms in total. The molecule has 1 fully saturated rings. The van der Waals surface area contributed by atoms with Crippen molar-refractivity contribution in [3.63, 3.8) is 0 Å². The number of aromatic nitrogens is 1. The quantitative estimate of drug-likeness (QED) is 0.343. The molecule has 6 rings (SSSR count). The molecular weight excluding hydrogens is 410 g/mol. The van der Waals surface area contributed by atoms with Gasteiger partial charge in [0.15, 0.2) is 11.5 Å². The molecule has 1 aliphatic carbocycles. The predicted octanol–water partition coefficient (Wildman–Crippen LogP) is 6.64. The second-order valence-corrected chi connectivity index (χ2v) is 9.54. The van der Waals surface area contributed by atoms with Crippen LogP contribution in [0.4, 0.5) is 17.1 Å². The predicted molar refractivity (Wildman–Crippen MR) is 133 cm³/mol. The Labute approximate surface area is 193 Å². The van der Waals surface area contributed by atoms with Crippen molar-refractivity contribution in [1.29, 1.82) is 0 Å². The number of hydrogen-bond acceptors (Lipinski definition) is 5. The Kier molecular flexibility index (Phi) is 4.54. The van der Waals surface area contributed by atoms with E-state index in [-0.39, 0.29) is 5.78 Å². The molecule has 2 heterocycles. The van der Waals surface area contributed by atoms with E-state index in [2.05, 4.69) is 60.4 Å². The van der Waals surface area contributed by atoms with Gasteiger partial charge < -0.3 is 14.7 Å². The lowest BCUT2D eigenvalue weighted by Crippen LogP contribution is -2.33. The normalized spacial score (nSPS) is 15.7. The number of carbonyl (C=O) groups is 1. The molecule has 0 saturated carbocycles. The van der Waals surface area contributed by atoms with Crippen LogP contribution in [0, 0.1) is 19.8 Å². The van der Waals surface area contributed by atoms with Crippen molar-refractivity contribution in [3.05, 3.63) is 70.8 Å². The van der Waals surface area contributed by atoms with E-state index in [1.165, 1.54) is 5.56 Å². The Balaban J connectivity index is 1.60. The first kappa shape index (κ1) is 20.0. The number of carbonyl (C=O) groups excluding carboxylic acids is 1. The minimum atomic E-state index is 0.0120. The van der Waals surface area contributed by atoms with Crippen LogP contribution in [0.1, 0.15) is 46.8 Å². The summed E-state index contributed by atoms with van der Waals surface area (Å²) in [5.41, 5.74) is 8.07. The van der Waals surface area contributed by atoms with E-state index in [1.54, 1.807) is 0 Å². The van der Waals surface area contributed by atoms with Gasteiger partial charge in [-0.15, -0.1) is 0 Å². The highest BCUT2D eigenvalue weighted by Crippen LogP contribution is 2.46. The van der Waals surface area contributed by atoms with E-state index in [1.807, 2.05) is 24.3 Å². The summed E-state index contributed by atoms with van der Waals surface area (Å²) in [4.78, 5) is 16.2. The summed E-state index contributed by atoms with van der Waals surface area (Å²) in [5, 5.41) is 8.93. The van der Waals surface area contributed by atoms with Crippen LogP contribution in [0.25, 0.3) is 22.2 Å². The fourth-order valence-corrected chi connectivity index (χ4v) is 5.15. The fourth-order valence-electron chi connectivity index (χ4n) is 5.15. The SMILES string of the molecule is Cc1ccc(C)c(Nc2cc(N3CCC(C)CC3)c3noc4c3c2C(=O)c2ccccc2-4)c1. The van der Waals surface area contributed by atoms with Crippen LogP contribution in [0.2, 0.25) is 0 Å². The molecular formula is C28H27N3O2. The first-order valence-corrected chi connectivity index (χ1v) is 11.7. The molecule has 33 heavy (non-hydrogen) atoms. The van der Waals surface area contributed by atoms with Gasteiger partial charge in [-0.2, -0.15) is 0 Å². The Morgan fingerprint density at radius 3 is 2.55 bits per heavy atom. The summed E-state index contributed by atoms with van der Waals surface area (Å²) in [7, 11) is 0. The first-order chi connectivity index (χ1) is 16.0. The number of nitrogens with one attached hydrogen (secondary N) is 1. The average Bonchev–Trinajstić information content (AvgIpc) is 3.26. The molecule has 1 aromatic heterocycles. The third-order valence-corrected chi connectivity index (χ3v) is 7.17. The summed E-state index contributed by atoms with van der Waals surface area (Å²) in [6.07, 6.45) is 2.30. The van der Waals surface area contributed by atoms with E-state index >= 15 is 0 Å². The molecule has 166 valence electrons. The number of benzene rings is 3. The fraction of sp³-hybridized carbons (Fsp3) is 0.286. The molecule has 0 spiro atoms. The van der Waals surface area contributed by atoms with Gasteiger partial charge in [-0.3, -0.25) is 4.79 Å². The van der Waals surface area contributed by atoms with Crippen molar-refractivity contribution >= 4 is 33.7 Å². The summed E-state index contributed by atoms with van der Waals surface area (Å²) >= 11 is 0. The zero-order chi connectivity index (χ0) is 22.7. The third-order valence-electron chi connectivity index (χ3n) is 7.17. The van der Waals surface area contributed by atoms with Crippen LogP contribution in [-0.2, 0) is 0 Å². The zero-order valence-electron chi connectivity index (χ0n) is 19.2. The molecule has 1 aliphatic heterocycles. The van der Waals surface area contributed by atoms with Gasteiger partial charge in [0.25, 0.3) is 0 Å². The molecule has 3 aromatic carbocycles. The van der Waals surface area contributed by atoms with Crippen LogP contribution in [0.3, 0.4) is 0 Å². The molecule has 5 heteroatoms. The smallest absolute Gasteiger partial charge is 0.196 e. The topological polar surface area (TPSA) is 58.4 Å². The van der Waals surface area contributed by atoms with Crippen molar-refractivity contribution in [3.8, 4) is 11.3 Å². The van der Waals surface area contributed by atoms with Crippen LogP contribution in [0.5, 0.6) is 0 Å². The maximum absolute atomic E-state index is 13.8. The van der Waals surface area contributed by atoms with E-state index < -0.39 is 0 Å². The van der Waals surface area contributed by atoms with Crippen LogP contribution in [0.15, 0.2) is 53.1 Å². The number of fused-ring (bicyclic) bond motifs is 2. The summed E-state index contributed by atoms with van der Waals surface area (Å²) < 4.78 is 5.92. The largest absolute Gasteiger partial charge is 0.370 e. The second-order valence-electron chi connectivity index (χ2n) is 9.54. The number of ketones is 1. The summed E-state index contributed by atoms with van der Waals surface area (Å²) in [6.45, 7) is 8.43. The van der Waals surface area contributed by atoms with Crippen LogP contribution in [-0.4, -0.2) is 24.0 Å². The first-order valence-electron chi connectivity index (χ1n) is 11.7. The molecule has 0 unspecified atom stereocenters. The van der Waals surface area contributed by atoms with Gasteiger partial charge in [-0.25, -0.2) is 0 Å². The lowest BCUT2D eigenvalue weighted by molar-refractivity contribution is 0.104. The maximum atomic E-state index is 13.8. The maximum Gasteiger partial charge on any atom is 0.196 e. The Hall–Kier alpha value is -3.60. The van der Waals surface area contributed by atoms with Gasteiger partial charge in [0.05, 0.1) is 22.3 Å². The molecule has 0 amide bonds. The molecule has 1 N–H and O–H groups in total. The van der Waals surface area contributed by atoms with E-state index in [4.69, 9.17) is 4.52 Å². The van der Waals surface area contributed by atoms with Crippen molar-refractivity contribution in [2.75, 3.05) is 23.3 Å². The number of anilines is 3. The number of aryl methyl sites for hydroxylation is 2. The lowest BCUT2D eigenvalue weighted by atomic mass is 9.86. The van der Waals surface area contributed by atoms with Gasteiger partial charge in [-0.05, 0) is 55.9 Å². The highest BCUT2D eigenvalue weighted by molar-refractivity contribution is 6.28. The Bertz CT molecular complexity index is 1410. The number of nitrogens with zero attached hydrogens (tertiary/aromatic N) is 2. The number of hydrogen-bond donors (Lipinski definition) is 1. The van der Waals surface area contributed by atoms with Gasteiger partial charge in [-0.1, -0.05) is 48.5 Å². The monoisotopic (exact) mass is 437 g/mol. The average molecular weight is 438 g/mol.